The first-order chi connectivity index (χ1) is 8.72. The monoisotopic (exact) mass is 285 g/mol. The Hall–Kier alpha value is -1.27. The van der Waals surface area contributed by atoms with Gasteiger partial charge in [-0.2, -0.15) is 0 Å². The molecule has 1 rings (SSSR count). The van der Waals surface area contributed by atoms with Gasteiger partial charge in [-0.3, -0.25) is 0 Å². The highest BCUT2D eigenvalue weighted by atomic mass is 32.2. The van der Waals surface area contributed by atoms with Gasteiger partial charge in [-0.15, -0.1) is 0 Å². The SMILES string of the molecule is CCCC(C)(C)Nc1cc(S(=O)(=O)NC)ccc1N. The van der Waals surface area contributed by atoms with Crippen molar-refractivity contribution in [2.75, 3.05) is 18.1 Å². The van der Waals surface area contributed by atoms with Crippen LogP contribution in [-0.4, -0.2) is 21.0 Å². The van der Waals surface area contributed by atoms with Gasteiger partial charge >= 0.3 is 0 Å². The van der Waals surface area contributed by atoms with E-state index < -0.39 is 10.0 Å². The summed E-state index contributed by atoms with van der Waals surface area (Å²) in [4.78, 5) is 0.207. The van der Waals surface area contributed by atoms with Crippen molar-refractivity contribution in [1.82, 2.24) is 4.72 Å². The molecule has 0 spiro atoms. The first-order valence-corrected chi connectivity index (χ1v) is 7.81. The number of hydrogen-bond donors (Lipinski definition) is 3. The standard InChI is InChI=1S/C13H23N3O2S/c1-5-8-13(2,3)16-12-9-10(6-7-11(12)14)19(17,18)15-4/h6-7,9,15-16H,5,8,14H2,1-4H3. The summed E-state index contributed by atoms with van der Waals surface area (Å²) >= 11 is 0. The van der Waals surface area contributed by atoms with Crippen LogP contribution in [0.5, 0.6) is 0 Å². The number of sulfonamides is 1. The highest BCUT2D eigenvalue weighted by molar-refractivity contribution is 7.89. The topological polar surface area (TPSA) is 84.2 Å². The highest BCUT2D eigenvalue weighted by Gasteiger charge is 2.19. The van der Waals surface area contributed by atoms with Crippen LogP contribution in [0.15, 0.2) is 23.1 Å². The van der Waals surface area contributed by atoms with E-state index in [0.717, 1.165) is 12.8 Å². The Bertz CT molecular complexity index is 539. The molecule has 1 aromatic carbocycles. The molecule has 6 heteroatoms. The van der Waals surface area contributed by atoms with Crippen molar-refractivity contribution in [3.05, 3.63) is 18.2 Å². The number of anilines is 2. The van der Waals surface area contributed by atoms with Crippen LogP contribution in [0.25, 0.3) is 0 Å². The number of rotatable bonds is 6. The maximum absolute atomic E-state index is 11.8. The molecule has 0 aliphatic carbocycles. The highest BCUT2D eigenvalue weighted by Crippen LogP contribution is 2.27. The van der Waals surface area contributed by atoms with Crippen molar-refractivity contribution in [2.45, 2.75) is 44.0 Å². The molecule has 0 aliphatic rings. The Morgan fingerprint density at radius 1 is 1.32 bits per heavy atom. The van der Waals surface area contributed by atoms with Gasteiger partial charge in [0.2, 0.25) is 10.0 Å². The predicted molar refractivity (Wildman–Crippen MR) is 79.7 cm³/mol. The minimum absolute atomic E-state index is 0.134. The minimum Gasteiger partial charge on any atom is -0.397 e. The van der Waals surface area contributed by atoms with Crippen LogP contribution >= 0.6 is 0 Å². The average Bonchev–Trinajstić information content (AvgIpc) is 2.31. The first kappa shape index (κ1) is 15.8. The zero-order valence-electron chi connectivity index (χ0n) is 11.9. The normalized spacial score (nSPS) is 12.4. The fraction of sp³-hybridized carbons (Fsp3) is 0.538. The van der Waals surface area contributed by atoms with E-state index in [4.69, 9.17) is 5.73 Å². The molecule has 1 aromatic rings. The van der Waals surface area contributed by atoms with E-state index >= 15 is 0 Å². The molecule has 5 nitrogen and oxygen atoms in total. The van der Waals surface area contributed by atoms with E-state index in [1.165, 1.54) is 13.1 Å². The van der Waals surface area contributed by atoms with Crippen LogP contribution in [0, 0.1) is 0 Å². The molecule has 0 unspecified atom stereocenters. The molecular weight excluding hydrogens is 262 g/mol. The van der Waals surface area contributed by atoms with E-state index in [1.54, 1.807) is 12.1 Å². The van der Waals surface area contributed by atoms with E-state index in [0.29, 0.717) is 11.4 Å². The fourth-order valence-electron chi connectivity index (χ4n) is 1.98. The molecule has 0 aliphatic heterocycles. The van der Waals surface area contributed by atoms with E-state index in [-0.39, 0.29) is 10.4 Å². The maximum atomic E-state index is 11.8. The third kappa shape index (κ3) is 4.11. The van der Waals surface area contributed by atoms with Gasteiger partial charge in [-0.1, -0.05) is 13.3 Å². The summed E-state index contributed by atoms with van der Waals surface area (Å²) in [6.45, 7) is 6.24. The first-order valence-electron chi connectivity index (χ1n) is 6.33. The van der Waals surface area contributed by atoms with Gasteiger partial charge < -0.3 is 11.1 Å². The number of nitrogen functional groups attached to an aromatic ring is 1. The molecule has 0 saturated heterocycles. The van der Waals surface area contributed by atoms with Crippen LogP contribution in [0.3, 0.4) is 0 Å². The van der Waals surface area contributed by atoms with Gasteiger partial charge in [-0.25, -0.2) is 13.1 Å². The molecule has 0 amide bonds. The molecule has 0 bridgehead atoms. The van der Waals surface area contributed by atoms with E-state index in [9.17, 15) is 8.42 Å². The Labute approximate surface area is 115 Å². The summed E-state index contributed by atoms with van der Waals surface area (Å²) in [6.07, 6.45) is 2.00. The van der Waals surface area contributed by atoms with Crippen LogP contribution in [-0.2, 0) is 10.0 Å². The van der Waals surface area contributed by atoms with Gasteiger partial charge in [0, 0.05) is 5.54 Å². The van der Waals surface area contributed by atoms with E-state index in [1.807, 2.05) is 0 Å². The van der Waals surface area contributed by atoms with Crippen LogP contribution in [0.2, 0.25) is 0 Å². The lowest BCUT2D eigenvalue weighted by Crippen LogP contribution is -2.31. The molecule has 4 N–H and O–H groups in total. The number of nitrogens with two attached hydrogens (primary N) is 1. The smallest absolute Gasteiger partial charge is 0.240 e. The number of nitrogens with one attached hydrogen (secondary N) is 2. The minimum atomic E-state index is -3.45. The second kappa shape index (κ2) is 5.79. The lowest BCUT2D eigenvalue weighted by Gasteiger charge is -2.28. The molecule has 19 heavy (non-hydrogen) atoms. The summed E-state index contributed by atoms with van der Waals surface area (Å²) in [7, 11) is -2.06. The van der Waals surface area contributed by atoms with Crippen molar-refractivity contribution in [1.29, 1.82) is 0 Å². The van der Waals surface area contributed by atoms with Crippen LogP contribution in [0.1, 0.15) is 33.6 Å². The fourth-order valence-corrected chi connectivity index (χ4v) is 2.74. The molecule has 0 atom stereocenters. The lowest BCUT2D eigenvalue weighted by molar-refractivity contribution is 0.511. The van der Waals surface area contributed by atoms with Crippen molar-refractivity contribution < 1.29 is 8.42 Å². The zero-order chi connectivity index (χ0) is 14.7. The number of hydrogen-bond acceptors (Lipinski definition) is 4. The second-order valence-electron chi connectivity index (χ2n) is 5.22. The summed E-state index contributed by atoms with van der Waals surface area (Å²) in [5, 5.41) is 3.31. The number of benzene rings is 1. The maximum Gasteiger partial charge on any atom is 0.240 e. The van der Waals surface area contributed by atoms with Crippen molar-refractivity contribution in [3.8, 4) is 0 Å². The largest absolute Gasteiger partial charge is 0.397 e. The average molecular weight is 285 g/mol. The molecule has 0 saturated carbocycles. The Morgan fingerprint density at radius 3 is 2.47 bits per heavy atom. The van der Waals surface area contributed by atoms with Crippen molar-refractivity contribution >= 4 is 21.4 Å². The Kier molecular flexibility index (Phi) is 4.81. The molecular formula is C13H23N3O2S. The van der Waals surface area contributed by atoms with Gasteiger partial charge in [0.1, 0.15) is 0 Å². The quantitative estimate of drug-likeness (QED) is 0.699. The van der Waals surface area contributed by atoms with E-state index in [2.05, 4.69) is 30.8 Å². The van der Waals surface area contributed by atoms with Gasteiger partial charge in [0.15, 0.2) is 0 Å². The Balaban J connectivity index is 3.12. The third-order valence-electron chi connectivity index (χ3n) is 2.95. The third-order valence-corrected chi connectivity index (χ3v) is 4.36. The van der Waals surface area contributed by atoms with Gasteiger partial charge in [0.25, 0.3) is 0 Å². The summed E-state index contributed by atoms with van der Waals surface area (Å²) in [5.41, 5.74) is 6.95. The summed E-state index contributed by atoms with van der Waals surface area (Å²) < 4.78 is 25.8. The van der Waals surface area contributed by atoms with Crippen molar-refractivity contribution in [3.63, 3.8) is 0 Å². The zero-order valence-corrected chi connectivity index (χ0v) is 12.8. The summed E-state index contributed by atoms with van der Waals surface area (Å²) in [5.74, 6) is 0. The Morgan fingerprint density at radius 2 is 1.95 bits per heavy atom. The van der Waals surface area contributed by atoms with Crippen molar-refractivity contribution in [2.24, 2.45) is 0 Å². The van der Waals surface area contributed by atoms with Crippen LogP contribution < -0.4 is 15.8 Å². The van der Waals surface area contributed by atoms with Crippen LogP contribution in [0.4, 0.5) is 11.4 Å². The molecule has 0 fully saturated rings. The second-order valence-corrected chi connectivity index (χ2v) is 7.10. The molecule has 0 heterocycles. The van der Waals surface area contributed by atoms with Gasteiger partial charge in [-0.05, 0) is 45.5 Å². The lowest BCUT2D eigenvalue weighted by atomic mass is 9.98. The molecule has 0 aromatic heterocycles. The molecule has 0 radical (unpaired) electrons. The molecule has 108 valence electrons. The predicted octanol–water partition coefficient (Wildman–Crippen LogP) is 2.17. The summed E-state index contributed by atoms with van der Waals surface area (Å²) in [6, 6.07) is 4.67. The van der Waals surface area contributed by atoms with Gasteiger partial charge in [0.05, 0.1) is 16.3 Å².